The minimum absolute atomic E-state index is 0.0352. The lowest BCUT2D eigenvalue weighted by Gasteiger charge is -2.28. The lowest BCUT2D eigenvalue weighted by molar-refractivity contribution is -0.129. The van der Waals surface area contributed by atoms with Gasteiger partial charge in [0.1, 0.15) is 5.75 Å². The Morgan fingerprint density at radius 3 is 2.52 bits per heavy atom. The summed E-state index contributed by atoms with van der Waals surface area (Å²) in [6, 6.07) is 11.8. The Labute approximate surface area is 155 Å². The van der Waals surface area contributed by atoms with E-state index in [4.69, 9.17) is 11.5 Å². The number of nitrogens with zero attached hydrogens (tertiary/aromatic N) is 2. The van der Waals surface area contributed by atoms with Crippen LogP contribution in [-0.4, -0.2) is 30.4 Å². The lowest BCUT2D eigenvalue weighted by Crippen LogP contribution is -2.41. The summed E-state index contributed by atoms with van der Waals surface area (Å²) in [5, 5.41) is 0. The van der Waals surface area contributed by atoms with Crippen LogP contribution in [-0.2, 0) is 16.9 Å². The third-order valence-electron chi connectivity index (χ3n) is 4.69. The van der Waals surface area contributed by atoms with Crippen molar-refractivity contribution in [2.75, 3.05) is 7.05 Å². The number of amides is 1. The number of alkyl halides is 2. The van der Waals surface area contributed by atoms with Crippen molar-refractivity contribution < 1.29 is 18.3 Å². The molecule has 0 aliphatic carbocycles. The van der Waals surface area contributed by atoms with Gasteiger partial charge < -0.3 is 16.2 Å². The smallest absolute Gasteiger partial charge is 0.387 e. The average molecular weight is 374 g/mol. The molecule has 4 N–H and O–H groups in total. The molecule has 1 atom stereocenters. The number of ether oxygens (including phenoxy) is 1. The van der Waals surface area contributed by atoms with Crippen molar-refractivity contribution in [3.8, 4) is 5.75 Å². The number of aliphatic imine (C=N–C) groups is 1. The Morgan fingerprint density at radius 1 is 1.26 bits per heavy atom. The summed E-state index contributed by atoms with van der Waals surface area (Å²) >= 11 is 0. The second kappa shape index (κ2) is 6.96. The van der Waals surface area contributed by atoms with Gasteiger partial charge in [0.05, 0.1) is 0 Å². The minimum Gasteiger partial charge on any atom is -0.434 e. The van der Waals surface area contributed by atoms with E-state index in [1.54, 1.807) is 25.2 Å². The third-order valence-corrected chi connectivity index (χ3v) is 4.69. The fourth-order valence-corrected chi connectivity index (χ4v) is 3.31. The predicted molar refractivity (Wildman–Crippen MR) is 97.3 cm³/mol. The Balaban J connectivity index is 2.25. The summed E-state index contributed by atoms with van der Waals surface area (Å²) < 4.78 is 29.8. The van der Waals surface area contributed by atoms with Crippen molar-refractivity contribution in [3.63, 3.8) is 0 Å². The predicted octanol–water partition coefficient (Wildman–Crippen LogP) is 2.09. The molecule has 27 heavy (non-hydrogen) atoms. The quantitative estimate of drug-likeness (QED) is 0.838. The summed E-state index contributed by atoms with van der Waals surface area (Å²) in [5.41, 5.74) is 12.6. The van der Waals surface area contributed by atoms with Crippen LogP contribution in [0.1, 0.15) is 22.3 Å². The molecule has 2 aromatic carbocycles. The standard InChI is InChI=1S/C19H20F2N4O2/c1-11-5-3-4-6-14(11)19(16(26)25(2)18(23)24-19)13-7-8-15(27-17(20)21)12(9-13)10-22/h3-9,17H,10,22H2,1-2H3,(H2,23,24). The molecule has 8 heteroatoms. The van der Waals surface area contributed by atoms with Gasteiger partial charge in [-0.15, -0.1) is 0 Å². The SMILES string of the molecule is Cc1ccccc1C1(c2ccc(OC(F)F)c(CN)c2)N=C(N)N(C)C1=O. The van der Waals surface area contributed by atoms with Crippen LogP contribution in [0.3, 0.4) is 0 Å². The van der Waals surface area contributed by atoms with Crippen molar-refractivity contribution in [2.45, 2.75) is 25.6 Å². The van der Waals surface area contributed by atoms with Crippen LogP contribution in [0.15, 0.2) is 47.5 Å². The van der Waals surface area contributed by atoms with Crippen LogP contribution in [0.25, 0.3) is 0 Å². The number of benzene rings is 2. The number of hydrogen-bond acceptors (Lipinski definition) is 5. The molecule has 0 saturated carbocycles. The molecule has 0 saturated heterocycles. The van der Waals surface area contributed by atoms with Crippen LogP contribution in [0.5, 0.6) is 5.75 Å². The van der Waals surface area contributed by atoms with E-state index in [9.17, 15) is 13.6 Å². The molecule has 0 aromatic heterocycles. The number of nitrogens with two attached hydrogens (primary N) is 2. The second-order valence-electron chi connectivity index (χ2n) is 6.26. The Morgan fingerprint density at radius 2 is 1.96 bits per heavy atom. The maximum Gasteiger partial charge on any atom is 0.387 e. The normalized spacial score (nSPS) is 19.6. The number of carbonyl (C=O) groups is 1. The number of hydrogen-bond donors (Lipinski definition) is 2. The Kier molecular flexibility index (Phi) is 4.84. The van der Waals surface area contributed by atoms with Gasteiger partial charge in [-0.2, -0.15) is 8.78 Å². The van der Waals surface area contributed by atoms with E-state index < -0.39 is 12.2 Å². The fourth-order valence-electron chi connectivity index (χ4n) is 3.31. The van der Waals surface area contributed by atoms with Gasteiger partial charge in [-0.1, -0.05) is 30.3 Å². The van der Waals surface area contributed by atoms with E-state index in [1.807, 2.05) is 19.1 Å². The molecular weight excluding hydrogens is 354 g/mol. The molecule has 142 valence electrons. The molecule has 3 rings (SSSR count). The van der Waals surface area contributed by atoms with E-state index in [-0.39, 0.29) is 24.2 Å². The lowest BCUT2D eigenvalue weighted by atomic mass is 9.80. The zero-order valence-corrected chi connectivity index (χ0v) is 14.9. The molecule has 1 amide bonds. The molecule has 1 aliphatic heterocycles. The number of aryl methyl sites for hydroxylation is 1. The summed E-state index contributed by atoms with van der Waals surface area (Å²) in [6.07, 6.45) is 0. The first kappa shape index (κ1) is 18.8. The molecule has 0 bridgehead atoms. The molecule has 0 fully saturated rings. The van der Waals surface area contributed by atoms with E-state index in [1.165, 1.54) is 17.0 Å². The molecule has 1 aliphatic rings. The highest BCUT2D eigenvalue weighted by Gasteiger charge is 2.50. The van der Waals surface area contributed by atoms with Crippen LogP contribution < -0.4 is 16.2 Å². The van der Waals surface area contributed by atoms with Crippen molar-refractivity contribution >= 4 is 11.9 Å². The average Bonchev–Trinajstić information content (AvgIpc) is 2.87. The zero-order valence-electron chi connectivity index (χ0n) is 14.9. The monoisotopic (exact) mass is 374 g/mol. The topological polar surface area (TPSA) is 93.9 Å². The van der Waals surface area contributed by atoms with Gasteiger partial charge in [0.2, 0.25) is 0 Å². The summed E-state index contributed by atoms with van der Waals surface area (Å²) in [6.45, 7) is -1.14. The highest BCUT2D eigenvalue weighted by atomic mass is 19.3. The number of likely N-dealkylation sites (N-methyl/N-ethyl adjacent to an activating group) is 1. The molecule has 0 radical (unpaired) electrons. The summed E-state index contributed by atoms with van der Waals surface area (Å²) in [4.78, 5) is 19.0. The largest absolute Gasteiger partial charge is 0.434 e. The molecule has 0 spiro atoms. The number of carbonyl (C=O) groups excluding carboxylic acids is 1. The van der Waals surface area contributed by atoms with E-state index in [2.05, 4.69) is 9.73 Å². The first-order chi connectivity index (χ1) is 12.8. The Bertz CT molecular complexity index is 916. The van der Waals surface area contributed by atoms with E-state index >= 15 is 0 Å². The molecule has 1 heterocycles. The van der Waals surface area contributed by atoms with Crippen molar-refractivity contribution in [1.29, 1.82) is 0 Å². The van der Waals surface area contributed by atoms with Gasteiger partial charge in [-0.3, -0.25) is 9.69 Å². The first-order valence-electron chi connectivity index (χ1n) is 8.29. The maximum atomic E-state index is 13.2. The molecule has 1 unspecified atom stereocenters. The summed E-state index contributed by atoms with van der Waals surface area (Å²) in [7, 11) is 1.54. The van der Waals surface area contributed by atoms with Gasteiger partial charge in [-0.25, -0.2) is 4.99 Å². The third kappa shape index (κ3) is 3.02. The van der Waals surface area contributed by atoms with Crippen molar-refractivity contribution in [2.24, 2.45) is 16.5 Å². The number of halogens is 2. The molecular formula is C19H20F2N4O2. The molecule has 6 nitrogen and oxygen atoms in total. The van der Waals surface area contributed by atoms with Crippen molar-refractivity contribution in [1.82, 2.24) is 4.90 Å². The van der Waals surface area contributed by atoms with Gasteiger partial charge in [0.25, 0.3) is 5.91 Å². The van der Waals surface area contributed by atoms with Crippen LogP contribution in [0.2, 0.25) is 0 Å². The van der Waals surface area contributed by atoms with Gasteiger partial charge in [0, 0.05) is 19.2 Å². The van der Waals surface area contributed by atoms with Gasteiger partial charge >= 0.3 is 6.61 Å². The van der Waals surface area contributed by atoms with Crippen LogP contribution >= 0.6 is 0 Å². The minimum atomic E-state index is -2.97. The Hall–Kier alpha value is -3.00. The van der Waals surface area contributed by atoms with E-state index in [0.29, 0.717) is 16.7 Å². The zero-order chi connectivity index (χ0) is 19.8. The fraction of sp³-hybridized carbons (Fsp3) is 0.263. The van der Waals surface area contributed by atoms with Gasteiger partial charge in [0.15, 0.2) is 11.5 Å². The van der Waals surface area contributed by atoms with Crippen LogP contribution in [0.4, 0.5) is 8.78 Å². The van der Waals surface area contributed by atoms with Crippen molar-refractivity contribution in [3.05, 3.63) is 64.7 Å². The van der Waals surface area contributed by atoms with Gasteiger partial charge in [-0.05, 0) is 35.7 Å². The number of guanidine groups is 1. The maximum absolute atomic E-state index is 13.2. The summed E-state index contributed by atoms with van der Waals surface area (Å²) in [5.74, 6) is -0.294. The number of rotatable bonds is 5. The highest BCUT2D eigenvalue weighted by molar-refractivity contribution is 6.09. The second-order valence-corrected chi connectivity index (χ2v) is 6.26. The highest BCUT2D eigenvalue weighted by Crippen LogP contribution is 2.42. The van der Waals surface area contributed by atoms with Crippen LogP contribution in [0, 0.1) is 6.92 Å². The van der Waals surface area contributed by atoms with E-state index in [0.717, 1.165) is 5.56 Å². The molecule has 2 aromatic rings. The first-order valence-corrected chi connectivity index (χ1v) is 8.29.